The molecule has 0 bridgehead atoms. The molecule has 0 saturated heterocycles. The smallest absolute Gasteiger partial charge is 0.129 e. The summed E-state index contributed by atoms with van der Waals surface area (Å²) in [4.78, 5) is 2.28. The van der Waals surface area contributed by atoms with Crippen molar-refractivity contribution in [1.29, 1.82) is 0 Å². The van der Waals surface area contributed by atoms with Crippen LogP contribution in [0.4, 0.5) is 15.8 Å². The van der Waals surface area contributed by atoms with Crippen molar-refractivity contribution in [2.24, 2.45) is 0 Å². The Morgan fingerprint density at radius 1 is 1.05 bits per heavy atom. The molecule has 2 nitrogen and oxygen atoms in total. The summed E-state index contributed by atoms with van der Waals surface area (Å²) >= 11 is 6.01. The largest absolute Gasteiger partial charge is 0.381 e. The van der Waals surface area contributed by atoms with Crippen molar-refractivity contribution in [2.75, 3.05) is 23.3 Å². The highest BCUT2D eigenvalue weighted by atomic mass is 35.5. The van der Waals surface area contributed by atoms with Crippen LogP contribution in [0.1, 0.15) is 19.4 Å². The third kappa shape index (κ3) is 3.88. The Morgan fingerprint density at radius 2 is 1.71 bits per heavy atom. The molecule has 1 N–H and O–H groups in total. The van der Waals surface area contributed by atoms with Gasteiger partial charge in [0.05, 0.1) is 0 Å². The molecule has 0 aliphatic rings. The second-order valence-electron chi connectivity index (χ2n) is 4.77. The van der Waals surface area contributed by atoms with E-state index in [1.54, 1.807) is 12.1 Å². The van der Waals surface area contributed by atoms with Crippen molar-refractivity contribution in [3.63, 3.8) is 0 Å². The van der Waals surface area contributed by atoms with Crippen LogP contribution in [0.2, 0.25) is 5.02 Å². The second-order valence-corrected chi connectivity index (χ2v) is 5.18. The topological polar surface area (TPSA) is 15.3 Å². The zero-order valence-corrected chi connectivity index (χ0v) is 13.1. The molecule has 2 aromatic rings. The Kier molecular flexibility index (Phi) is 5.45. The van der Waals surface area contributed by atoms with Crippen molar-refractivity contribution < 1.29 is 4.39 Å². The molecule has 0 atom stereocenters. The van der Waals surface area contributed by atoms with Crippen LogP contribution in [0.5, 0.6) is 0 Å². The van der Waals surface area contributed by atoms with Crippen molar-refractivity contribution in [1.82, 2.24) is 0 Å². The van der Waals surface area contributed by atoms with Crippen LogP contribution >= 0.6 is 11.6 Å². The van der Waals surface area contributed by atoms with Gasteiger partial charge in [0.25, 0.3) is 0 Å². The normalized spacial score (nSPS) is 10.5. The maximum atomic E-state index is 13.7. The molecule has 4 heteroatoms. The van der Waals surface area contributed by atoms with Crippen LogP contribution in [0.3, 0.4) is 0 Å². The van der Waals surface area contributed by atoms with Gasteiger partial charge in [-0.15, -0.1) is 0 Å². The minimum Gasteiger partial charge on any atom is -0.381 e. The lowest BCUT2D eigenvalue weighted by Gasteiger charge is -2.21. The molecule has 0 aliphatic carbocycles. The maximum Gasteiger partial charge on any atom is 0.129 e. The van der Waals surface area contributed by atoms with E-state index in [1.165, 1.54) is 11.8 Å². The van der Waals surface area contributed by atoms with Crippen LogP contribution in [-0.4, -0.2) is 13.1 Å². The van der Waals surface area contributed by atoms with E-state index in [2.05, 4.69) is 36.2 Å². The number of nitrogens with one attached hydrogen (secondary N) is 1. The molecule has 0 aliphatic heterocycles. The highest BCUT2D eigenvalue weighted by Gasteiger charge is 2.06. The highest BCUT2D eigenvalue weighted by molar-refractivity contribution is 6.31. The molecule has 0 unspecified atom stereocenters. The monoisotopic (exact) mass is 306 g/mol. The SMILES string of the molecule is CCN(CC)c1ccc(NCc2c(F)cccc2Cl)cc1. The summed E-state index contributed by atoms with van der Waals surface area (Å²) in [5, 5.41) is 3.65. The van der Waals surface area contributed by atoms with Crippen molar-refractivity contribution in [2.45, 2.75) is 20.4 Å². The fraction of sp³-hybridized carbons (Fsp3) is 0.294. The number of anilines is 2. The van der Waals surface area contributed by atoms with Gasteiger partial charge >= 0.3 is 0 Å². The van der Waals surface area contributed by atoms with Gasteiger partial charge in [-0.1, -0.05) is 17.7 Å². The standard InChI is InChI=1S/C17H20ClFN2/c1-3-21(4-2)14-10-8-13(9-11-14)20-12-15-16(18)6-5-7-17(15)19/h5-11,20H,3-4,12H2,1-2H3. The minimum absolute atomic E-state index is 0.283. The average Bonchev–Trinajstić information content (AvgIpc) is 2.49. The molecule has 0 aromatic heterocycles. The molecule has 21 heavy (non-hydrogen) atoms. The summed E-state index contributed by atoms with van der Waals surface area (Å²) in [6.45, 7) is 6.60. The molecular formula is C17H20ClFN2. The van der Waals surface area contributed by atoms with E-state index >= 15 is 0 Å². The first-order valence-corrected chi connectivity index (χ1v) is 7.55. The predicted octanol–water partition coefficient (Wildman–Crippen LogP) is 4.94. The third-order valence-corrected chi connectivity index (χ3v) is 3.88. The highest BCUT2D eigenvalue weighted by Crippen LogP contribution is 2.22. The van der Waals surface area contributed by atoms with Gasteiger partial charge in [-0.2, -0.15) is 0 Å². The lowest BCUT2D eigenvalue weighted by atomic mass is 10.2. The third-order valence-electron chi connectivity index (χ3n) is 3.53. The first kappa shape index (κ1) is 15.6. The summed E-state index contributed by atoms with van der Waals surface area (Å²) in [6.07, 6.45) is 0. The minimum atomic E-state index is -0.283. The molecule has 112 valence electrons. The summed E-state index contributed by atoms with van der Waals surface area (Å²) in [6, 6.07) is 12.9. The summed E-state index contributed by atoms with van der Waals surface area (Å²) in [7, 11) is 0. The number of halogens is 2. The van der Waals surface area contributed by atoms with Crippen molar-refractivity contribution in [3.05, 3.63) is 58.9 Å². The molecule has 2 aromatic carbocycles. The van der Waals surface area contributed by atoms with E-state index in [0.29, 0.717) is 17.1 Å². The Balaban J connectivity index is 2.04. The van der Waals surface area contributed by atoms with Gasteiger partial charge in [-0.25, -0.2) is 4.39 Å². The molecule has 0 spiro atoms. The zero-order valence-electron chi connectivity index (χ0n) is 12.4. The molecule has 2 rings (SSSR count). The Labute approximate surface area is 130 Å². The maximum absolute atomic E-state index is 13.7. The average molecular weight is 307 g/mol. The second kappa shape index (κ2) is 7.32. The number of nitrogens with zero attached hydrogens (tertiary/aromatic N) is 1. The Morgan fingerprint density at radius 3 is 2.29 bits per heavy atom. The molecule has 0 amide bonds. The summed E-state index contributed by atoms with van der Waals surface area (Å²) < 4.78 is 13.7. The molecule has 0 heterocycles. The number of benzene rings is 2. The van der Waals surface area contributed by atoms with E-state index in [4.69, 9.17) is 11.6 Å². The van der Waals surface area contributed by atoms with Crippen LogP contribution < -0.4 is 10.2 Å². The van der Waals surface area contributed by atoms with E-state index in [0.717, 1.165) is 18.8 Å². The van der Waals surface area contributed by atoms with E-state index in [9.17, 15) is 4.39 Å². The van der Waals surface area contributed by atoms with Crippen LogP contribution in [0.15, 0.2) is 42.5 Å². The van der Waals surface area contributed by atoms with Crippen LogP contribution in [0, 0.1) is 5.82 Å². The molecular weight excluding hydrogens is 287 g/mol. The lowest BCUT2D eigenvalue weighted by molar-refractivity contribution is 0.613. The summed E-state index contributed by atoms with van der Waals surface area (Å²) in [5.41, 5.74) is 2.63. The van der Waals surface area contributed by atoms with Crippen molar-refractivity contribution >= 4 is 23.0 Å². The predicted molar refractivity (Wildman–Crippen MR) is 88.7 cm³/mol. The van der Waals surface area contributed by atoms with Gasteiger partial charge in [0.2, 0.25) is 0 Å². The summed E-state index contributed by atoms with van der Waals surface area (Å²) in [5.74, 6) is -0.283. The van der Waals surface area contributed by atoms with Gasteiger partial charge in [0, 0.05) is 41.6 Å². The Bertz CT molecular complexity index is 560. The van der Waals surface area contributed by atoms with Gasteiger partial charge in [0.15, 0.2) is 0 Å². The number of hydrogen-bond donors (Lipinski definition) is 1. The van der Waals surface area contributed by atoms with Gasteiger partial charge in [-0.3, -0.25) is 0 Å². The molecule has 0 radical (unpaired) electrons. The Hall–Kier alpha value is -1.74. The molecule has 0 saturated carbocycles. The fourth-order valence-corrected chi connectivity index (χ4v) is 2.50. The number of rotatable bonds is 6. The molecule has 0 fully saturated rings. The quantitative estimate of drug-likeness (QED) is 0.813. The van der Waals surface area contributed by atoms with E-state index < -0.39 is 0 Å². The van der Waals surface area contributed by atoms with Gasteiger partial charge in [0.1, 0.15) is 5.82 Å². The number of hydrogen-bond acceptors (Lipinski definition) is 2. The first-order chi connectivity index (χ1) is 10.2. The van der Waals surface area contributed by atoms with Crippen LogP contribution in [0.25, 0.3) is 0 Å². The van der Waals surface area contributed by atoms with Crippen LogP contribution in [-0.2, 0) is 6.54 Å². The van der Waals surface area contributed by atoms with E-state index in [1.807, 2.05) is 12.1 Å². The van der Waals surface area contributed by atoms with Crippen molar-refractivity contribution in [3.8, 4) is 0 Å². The van der Waals surface area contributed by atoms with Gasteiger partial charge < -0.3 is 10.2 Å². The van der Waals surface area contributed by atoms with Gasteiger partial charge in [-0.05, 0) is 50.2 Å². The lowest BCUT2D eigenvalue weighted by Crippen LogP contribution is -2.21. The first-order valence-electron chi connectivity index (χ1n) is 7.17. The zero-order chi connectivity index (χ0) is 15.2. The van der Waals surface area contributed by atoms with E-state index in [-0.39, 0.29) is 5.82 Å². The fourth-order valence-electron chi connectivity index (χ4n) is 2.27.